The van der Waals surface area contributed by atoms with Crippen LogP contribution >= 0.6 is 46.4 Å². The molecule has 0 spiro atoms. The van der Waals surface area contributed by atoms with Gasteiger partial charge in [0, 0.05) is 45.6 Å². The summed E-state index contributed by atoms with van der Waals surface area (Å²) in [6.45, 7) is 5.66. The first-order valence-electron chi connectivity index (χ1n) is 18.6. The highest BCUT2D eigenvalue weighted by Gasteiger charge is 2.26. The zero-order chi connectivity index (χ0) is 45.1. The van der Waals surface area contributed by atoms with E-state index in [4.69, 9.17) is 46.4 Å². The van der Waals surface area contributed by atoms with Crippen molar-refractivity contribution < 1.29 is 28.8 Å². The molecule has 0 aliphatic rings. The molecule has 5 aromatic rings. The number of halogens is 4. The summed E-state index contributed by atoms with van der Waals surface area (Å²) in [6.07, 6.45) is 0. The summed E-state index contributed by atoms with van der Waals surface area (Å²) >= 11 is 24.3. The number of anilines is 4. The summed E-state index contributed by atoms with van der Waals surface area (Å²) in [7, 11) is 0. The Bertz CT molecular complexity index is 2420. The van der Waals surface area contributed by atoms with Crippen LogP contribution in [-0.4, -0.2) is 47.3 Å². The van der Waals surface area contributed by atoms with Crippen molar-refractivity contribution in [3.63, 3.8) is 0 Å². The highest BCUT2D eigenvalue weighted by Crippen LogP contribution is 2.30. The Labute approximate surface area is 376 Å². The van der Waals surface area contributed by atoms with Crippen molar-refractivity contribution in [3.05, 3.63) is 140 Å². The molecule has 4 amide bonds. The number of carbonyl (C=O) groups is 6. The number of amides is 4. The van der Waals surface area contributed by atoms with Gasteiger partial charge < -0.3 is 21.3 Å². The number of alkyl halides is 2. The first-order chi connectivity index (χ1) is 29.6. The molecule has 318 valence electrons. The normalized spacial score (nSPS) is 12.1. The SMILES string of the molecule is CC(=O)C(N=Nc1cc(C(=O)Nc2ccc(CCl)cc2)ccc1Cl)C(=O)Nc1cc(C)c(NC(=O)C(N=Nc2cc(C(=O)Nc3ccc(CCl)cc3)ccc2Cl)C(C)=O)cc1C. The van der Waals surface area contributed by atoms with Gasteiger partial charge in [0.15, 0.2) is 11.6 Å². The van der Waals surface area contributed by atoms with Crippen molar-refractivity contribution in [3.8, 4) is 0 Å². The minimum atomic E-state index is -1.58. The third kappa shape index (κ3) is 12.4. The van der Waals surface area contributed by atoms with E-state index in [1.54, 1.807) is 74.5 Å². The fraction of sp³-hybridized carbons (Fsp3) is 0.182. The Morgan fingerprint density at radius 3 is 1.19 bits per heavy atom. The standard InChI is InChI=1S/C44H38Cl4N8O6/c1-23-17-36(52-44(62)40(26(4)58)56-54-38-20-30(10-16-34(38)48)42(60)50-32-13-7-28(22-46)8-14-32)24(2)18-35(23)51-43(61)39(25(3)57)55-53-37-19-29(9-15-33(37)47)41(59)49-31-11-5-27(21-45)6-12-31/h5-20,39-40H,21-22H2,1-4H3,(H,49,59)(H,50,60)(H,51,61)(H,52,62). The van der Waals surface area contributed by atoms with E-state index in [0.29, 0.717) is 45.6 Å². The summed E-state index contributed by atoms with van der Waals surface area (Å²) in [5.41, 5.74) is 4.93. The van der Waals surface area contributed by atoms with Crippen LogP contribution in [0.25, 0.3) is 0 Å². The molecular weight excluding hydrogens is 878 g/mol. The Balaban J connectivity index is 1.25. The molecule has 0 aromatic heterocycles. The van der Waals surface area contributed by atoms with Gasteiger partial charge in [-0.3, -0.25) is 28.8 Å². The van der Waals surface area contributed by atoms with Crippen LogP contribution < -0.4 is 21.3 Å². The molecule has 0 radical (unpaired) electrons. The molecule has 0 saturated carbocycles. The lowest BCUT2D eigenvalue weighted by Gasteiger charge is -2.16. The Morgan fingerprint density at radius 2 is 0.871 bits per heavy atom. The van der Waals surface area contributed by atoms with Crippen molar-refractivity contribution in [1.82, 2.24) is 0 Å². The number of benzene rings is 5. The lowest BCUT2D eigenvalue weighted by atomic mass is 10.1. The van der Waals surface area contributed by atoms with Crippen molar-refractivity contribution >= 4 is 116 Å². The highest BCUT2D eigenvalue weighted by atomic mass is 35.5. The molecule has 5 rings (SSSR count). The molecule has 2 unspecified atom stereocenters. The summed E-state index contributed by atoms with van der Waals surface area (Å²) < 4.78 is 0. The van der Waals surface area contributed by atoms with E-state index in [9.17, 15) is 28.8 Å². The van der Waals surface area contributed by atoms with E-state index in [-0.39, 0.29) is 32.5 Å². The molecule has 4 N–H and O–H groups in total. The summed E-state index contributed by atoms with van der Waals surface area (Å²) in [6, 6.07) is 22.6. The van der Waals surface area contributed by atoms with Gasteiger partial charge in [0.2, 0.25) is 12.1 Å². The molecule has 0 saturated heterocycles. The Morgan fingerprint density at radius 1 is 0.516 bits per heavy atom. The summed E-state index contributed by atoms with van der Waals surface area (Å²) in [5.74, 6) is -3.09. The second-order valence-electron chi connectivity index (χ2n) is 13.8. The number of nitrogens with one attached hydrogen (secondary N) is 4. The number of aryl methyl sites for hydroxylation is 2. The quantitative estimate of drug-likeness (QED) is 0.0431. The van der Waals surface area contributed by atoms with Crippen LogP contribution in [0.1, 0.15) is 56.8 Å². The van der Waals surface area contributed by atoms with Crippen LogP contribution in [0.15, 0.2) is 118 Å². The van der Waals surface area contributed by atoms with Crippen molar-refractivity contribution in [2.75, 3.05) is 21.3 Å². The van der Waals surface area contributed by atoms with E-state index < -0.39 is 47.3 Å². The number of hydrogen-bond donors (Lipinski definition) is 4. The van der Waals surface area contributed by atoms with Gasteiger partial charge in [-0.05, 0) is 123 Å². The average molecular weight is 917 g/mol. The van der Waals surface area contributed by atoms with Crippen LogP contribution in [0.4, 0.5) is 34.1 Å². The number of rotatable bonds is 16. The largest absolute Gasteiger partial charge is 0.324 e. The molecule has 0 aliphatic carbocycles. The predicted octanol–water partition coefficient (Wildman–Crippen LogP) is 11.0. The van der Waals surface area contributed by atoms with Gasteiger partial charge in [0.25, 0.3) is 23.6 Å². The van der Waals surface area contributed by atoms with E-state index in [1.807, 2.05) is 0 Å². The van der Waals surface area contributed by atoms with Gasteiger partial charge in [-0.1, -0.05) is 47.5 Å². The van der Waals surface area contributed by atoms with E-state index >= 15 is 0 Å². The molecule has 62 heavy (non-hydrogen) atoms. The summed E-state index contributed by atoms with van der Waals surface area (Å²) in [4.78, 5) is 77.9. The molecule has 0 heterocycles. The molecule has 0 aliphatic heterocycles. The van der Waals surface area contributed by atoms with E-state index in [0.717, 1.165) is 11.1 Å². The number of azo groups is 2. The first kappa shape index (κ1) is 46.7. The molecular formula is C44H38Cl4N8O6. The zero-order valence-electron chi connectivity index (χ0n) is 33.6. The molecule has 18 heteroatoms. The van der Waals surface area contributed by atoms with E-state index in [2.05, 4.69) is 41.7 Å². The lowest BCUT2D eigenvalue weighted by Crippen LogP contribution is -2.32. The van der Waals surface area contributed by atoms with Gasteiger partial charge in [-0.15, -0.1) is 23.2 Å². The van der Waals surface area contributed by atoms with Crippen LogP contribution in [0, 0.1) is 13.8 Å². The van der Waals surface area contributed by atoms with E-state index in [1.165, 1.54) is 50.2 Å². The van der Waals surface area contributed by atoms with Crippen LogP contribution in [0.3, 0.4) is 0 Å². The fourth-order valence-electron chi connectivity index (χ4n) is 5.59. The highest BCUT2D eigenvalue weighted by molar-refractivity contribution is 6.33. The number of Topliss-reactive ketones (excluding diaryl/α,β-unsaturated/α-hetero) is 2. The van der Waals surface area contributed by atoms with Gasteiger partial charge >= 0.3 is 0 Å². The minimum absolute atomic E-state index is 0.0521. The van der Waals surface area contributed by atoms with Crippen molar-refractivity contribution in [1.29, 1.82) is 0 Å². The number of nitrogens with zero attached hydrogens (tertiary/aromatic N) is 4. The van der Waals surface area contributed by atoms with Crippen LogP contribution in [0.2, 0.25) is 10.0 Å². The second kappa shape index (κ2) is 21.5. The van der Waals surface area contributed by atoms with Gasteiger partial charge in [0.05, 0.1) is 10.0 Å². The smallest absolute Gasteiger partial charge is 0.258 e. The van der Waals surface area contributed by atoms with Gasteiger partial charge in [-0.2, -0.15) is 20.5 Å². The minimum Gasteiger partial charge on any atom is -0.324 e. The second-order valence-corrected chi connectivity index (χ2v) is 15.2. The van der Waals surface area contributed by atoms with Crippen LogP contribution in [-0.2, 0) is 30.9 Å². The Hall–Kier alpha value is -6.32. The van der Waals surface area contributed by atoms with Gasteiger partial charge in [-0.25, -0.2) is 0 Å². The topological polar surface area (TPSA) is 200 Å². The zero-order valence-corrected chi connectivity index (χ0v) is 36.6. The maximum Gasteiger partial charge on any atom is 0.258 e. The molecule has 0 fully saturated rings. The maximum atomic E-state index is 13.4. The van der Waals surface area contributed by atoms with Crippen molar-refractivity contribution in [2.24, 2.45) is 20.5 Å². The summed E-state index contributed by atoms with van der Waals surface area (Å²) in [5, 5.41) is 27.2. The molecule has 5 aromatic carbocycles. The number of carbonyl (C=O) groups excluding carboxylic acids is 6. The lowest BCUT2D eigenvalue weighted by molar-refractivity contribution is -0.127. The Kier molecular flexibility index (Phi) is 16.2. The molecule has 2 atom stereocenters. The third-order valence-electron chi connectivity index (χ3n) is 9.06. The van der Waals surface area contributed by atoms with Crippen LogP contribution in [0.5, 0.6) is 0 Å². The number of ketones is 2. The van der Waals surface area contributed by atoms with Crippen molar-refractivity contribution in [2.45, 2.75) is 51.5 Å². The molecule has 0 bridgehead atoms. The third-order valence-corrected chi connectivity index (χ3v) is 10.3. The van der Waals surface area contributed by atoms with Gasteiger partial charge in [0.1, 0.15) is 11.4 Å². The average Bonchev–Trinajstić information content (AvgIpc) is 3.24. The fourth-order valence-corrected chi connectivity index (χ4v) is 6.25. The monoisotopic (exact) mass is 914 g/mol. The predicted molar refractivity (Wildman–Crippen MR) is 242 cm³/mol. The first-order valence-corrected chi connectivity index (χ1v) is 20.5. The number of hydrogen-bond acceptors (Lipinski definition) is 10. The molecule has 14 nitrogen and oxygen atoms in total. The maximum absolute atomic E-state index is 13.4.